The highest BCUT2D eigenvalue weighted by Gasteiger charge is 2.23. The summed E-state index contributed by atoms with van der Waals surface area (Å²) < 4.78 is 4.93. The van der Waals surface area contributed by atoms with Crippen LogP contribution in [0.25, 0.3) is 0 Å². The van der Waals surface area contributed by atoms with Gasteiger partial charge in [0.2, 0.25) is 5.91 Å². The van der Waals surface area contributed by atoms with Crippen molar-refractivity contribution >= 4 is 5.91 Å². The van der Waals surface area contributed by atoms with E-state index in [1.54, 1.807) is 7.11 Å². The van der Waals surface area contributed by atoms with Gasteiger partial charge in [-0.15, -0.1) is 0 Å². The third kappa shape index (κ3) is 5.48. The lowest BCUT2D eigenvalue weighted by Crippen LogP contribution is -2.47. The normalized spacial score (nSPS) is 22.6. The van der Waals surface area contributed by atoms with Gasteiger partial charge < -0.3 is 20.3 Å². The van der Waals surface area contributed by atoms with Crippen molar-refractivity contribution in [3.63, 3.8) is 0 Å². The lowest BCUT2D eigenvalue weighted by atomic mass is 10.2. The minimum Gasteiger partial charge on any atom is -0.385 e. The van der Waals surface area contributed by atoms with Crippen LogP contribution in [0.15, 0.2) is 0 Å². The van der Waals surface area contributed by atoms with Crippen molar-refractivity contribution in [3.8, 4) is 0 Å². The lowest BCUT2D eigenvalue weighted by Gasteiger charge is -2.19. The van der Waals surface area contributed by atoms with E-state index in [4.69, 9.17) is 4.74 Å². The number of likely N-dealkylation sites (N-methyl/N-ethyl adjacent to an activating group) is 1. The highest BCUT2D eigenvalue weighted by Crippen LogP contribution is 2.06. The van der Waals surface area contributed by atoms with Crippen LogP contribution in [0.1, 0.15) is 19.8 Å². The number of amides is 1. The second-order valence-corrected chi connectivity index (χ2v) is 4.77. The quantitative estimate of drug-likeness (QED) is 0.609. The second kappa shape index (κ2) is 7.63. The first kappa shape index (κ1) is 14.4. The molecule has 2 unspecified atom stereocenters. The first-order valence-corrected chi connectivity index (χ1v) is 6.34. The van der Waals surface area contributed by atoms with Gasteiger partial charge in [0.25, 0.3) is 0 Å². The van der Waals surface area contributed by atoms with E-state index in [1.807, 2.05) is 6.92 Å². The molecule has 0 spiro atoms. The van der Waals surface area contributed by atoms with E-state index in [9.17, 15) is 4.79 Å². The van der Waals surface area contributed by atoms with Crippen LogP contribution in [0.5, 0.6) is 0 Å². The molecule has 1 fully saturated rings. The molecule has 2 N–H and O–H groups in total. The maximum atomic E-state index is 11.7. The fourth-order valence-electron chi connectivity index (χ4n) is 2.08. The minimum absolute atomic E-state index is 0.0793. The van der Waals surface area contributed by atoms with Crippen LogP contribution in [0.4, 0.5) is 0 Å². The van der Waals surface area contributed by atoms with Crippen molar-refractivity contribution in [3.05, 3.63) is 0 Å². The summed E-state index contributed by atoms with van der Waals surface area (Å²) in [5.41, 5.74) is 0. The molecule has 1 aliphatic rings. The maximum Gasteiger partial charge on any atom is 0.236 e. The van der Waals surface area contributed by atoms with Crippen LogP contribution >= 0.6 is 0 Å². The predicted octanol–water partition coefficient (Wildman–Crippen LogP) is -0.179. The number of nitrogens with zero attached hydrogens (tertiary/aromatic N) is 1. The van der Waals surface area contributed by atoms with Crippen LogP contribution in [-0.4, -0.2) is 63.3 Å². The van der Waals surface area contributed by atoms with Crippen LogP contribution < -0.4 is 10.6 Å². The number of carbonyl (C=O) groups excluding carboxylic acids is 1. The molecule has 0 saturated carbocycles. The summed E-state index contributed by atoms with van der Waals surface area (Å²) in [6.07, 6.45) is 1.99. The number of likely N-dealkylation sites (tertiary alicyclic amines) is 1. The third-order valence-corrected chi connectivity index (χ3v) is 3.09. The summed E-state index contributed by atoms with van der Waals surface area (Å²) in [6.45, 7) is 5.43. The number of hydrogen-bond acceptors (Lipinski definition) is 4. The van der Waals surface area contributed by atoms with Gasteiger partial charge in [0.1, 0.15) is 0 Å². The molecular weight excluding hydrogens is 218 g/mol. The Morgan fingerprint density at radius 3 is 2.94 bits per heavy atom. The number of methoxy groups -OCH3 is 1. The summed E-state index contributed by atoms with van der Waals surface area (Å²) in [7, 11) is 3.78. The molecule has 0 aromatic heterocycles. The zero-order chi connectivity index (χ0) is 12.7. The lowest BCUT2D eigenvalue weighted by molar-refractivity contribution is -0.122. The SMILES string of the molecule is COCCCNC(=O)C(C)NC1CCN(C)C1. The first-order chi connectivity index (χ1) is 8.13. The van der Waals surface area contributed by atoms with Crippen molar-refractivity contribution in [2.75, 3.05) is 40.4 Å². The average molecular weight is 243 g/mol. The van der Waals surface area contributed by atoms with E-state index in [0.29, 0.717) is 19.2 Å². The number of ether oxygens (including phenoxy) is 1. The van der Waals surface area contributed by atoms with Crippen molar-refractivity contribution in [2.24, 2.45) is 0 Å². The predicted molar refractivity (Wildman–Crippen MR) is 68.0 cm³/mol. The van der Waals surface area contributed by atoms with Gasteiger partial charge in [0.05, 0.1) is 6.04 Å². The highest BCUT2D eigenvalue weighted by atomic mass is 16.5. The molecule has 5 heteroatoms. The van der Waals surface area contributed by atoms with Crippen LogP contribution in [-0.2, 0) is 9.53 Å². The maximum absolute atomic E-state index is 11.7. The molecule has 1 heterocycles. The summed E-state index contributed by atoms with van der Waals surface area (Å²) in [4.78, 5) is 14.0. The van der Waals surface area contributed by atoms with E-state index in [2.05, 4.69) is 22.6 Å². The molecule has 1 aliphatic heterocycles. The zero-order valence-corrected chi connectivity index (χ0v) is 11.2. The number of hydrogen-bond donors (Lipinski definition) is 2. The smallest absolute Gasteiger partial charge is 0.236 e. The highest BCUT2D eigenvalue weighted by molar-refractivity contribution is 5.81. The van der Waals surface area contributed by atoms with Crippen LogP contribution in [0.2, 0.25) is 0 Å². The van der Waals surface area contributed by atoms with E-state index in [1.165, 1.54) is 0 Å². The molecule has 100 valence electrons. The van der Waals surface area contributed by atoms with Gasteiger partial charge in [-0.05, 0) is 33.4 Å². The van der Waals surface area contributed by atoms with Gasteiger partial charge in [-0.3, -0.25) is 4.79 Å². The van der Waals surface area contributed by atoms with Gasteiger partial charge in [0, 0.05) is 32.8 Å². The Bertz CT molecular complexity index is 236. The van der Waals surface area contributed by atoms with Gasteiger partial charge in [-0.2, -0.15) is 0 Å². The Balaban J connectivity index is 2.13. The Morgan fingerprint density at radius 1 is 1.59 bits per heavy atom. The summed E-state index contributed by atoms with van der Waals surface area (Å²) in [6, 6.07) is 0.328. The fraction of sp³-hybridized carbons (Fsp3) is 0.917. The van der Waals surface area contributed by atoms with Crippen LogP contribution in [0, 0.1) is 0 Å². The molecule has 0 aromatic rings. The molecule has 17 heavy (non-hydrogen) atoms. The Hall–Kier alpha value is -0.650. The molecule has 1 rings (SSSR count). The minimum atomic E-state index is -0.117. The number of carbonyl (C=O) groups is 1. The van der Waals surface area contributed by atoms with Gasteiger partial charge in [-0.25, -0.2) is 0 Å². The monoisotopic (exact) mass is 243 g/mol. The molecule has 2 atom stereocenters. The number of rotatable bonds is 7. The molecule has 0 radical (unpaired) electrons. The third-order valence-electron chi connectivity index (χ3n) is 3.09. The topological polar surface area (TPSA) is 53.6 Å². The largest absolute Gasteiger partial charge is 0.385 e. The van der Waals surface area contributed by atoms with Crippen molar-refractivity contribution in [2.45, 2.75) is 31.8 Å². The molecular formula is C12H25N3O2. The first-order valence-electron chi connectivity index (χ1n) is 6.34. The standard InChI is InChI=1S/C12H25N3O2/c1-10(12(16)13-6-4-8-17-3)14-11-5-7-15(2)9-11/h10-11,14H,4-9H2,1-3H3,(H,13,16). The second-order valence-electron chi connectivity index (χ2n) is 4.77. The van der Waals surface area contributed by atoms with E-state index >= 15 is 0 Å². The van der Waals surface area contributed by atoms with Crippen molar-refractivity contribution in [1.82, 2.24) is 15.5 Å². The van der Waals surface area contributed by atoms with Crippen molar-refractivity contribution < 1.29 is 9.53 Å². The molecule has 1 saturated heterocycles. The van der Waals surface area contributed by atoms with E-state index in [0.717, 1.165) is 25.9 Å². The van der Waals surface area contributed by atoms with E-state index in [-0.39, 0.29) is 11.9 Å². The molecule has 0 aliphatic carbocycles. The summed E-state index contributed by atoms with van der Waals surface area (Å²) >= 11 is 0. The molecule has 5 nitrogen and oxygen atoms in total. The Morgan fingerprint density at radius 2 is 2.35 bits per heavy atom. The molecule has 0 bridgehead atoms. The zero-order valence-electron chi connectivity index (χ0n) is 11.2. The van der Waals surface area contributed by atoms with Gasteiger partial charge >= 0.3 is 0 Å². The Labute approximate surface area is 104 Å². The van der Waals surface area contributed by atoms with Gasteiger partial charge in [0.15, 0.2) is 0 Å². The van der Waals surface area contributed by atoms with E-state index < -0.39 is 0 Å². The summed E-state index contributed by atoms with van der Waals surface area (Å²) in [5, 5.41) is 6.27. The fourth-order valence-corrected chi connectivity index (χ4v) is 2.08. The average Bonchev–Trinajstić information content (AvgIpc) is 2.70. The molecule has 1 amide bonds. The van der Waals surface area contributed by atoms with Crippen LogP contribution in [0.3, 0.4) is 0 Å². The molecule has 0 aromatic carbocycles. The summed E-state index contributed by atoms with van der Waals surface area (Å²) in [5.74, 6) is 0.0793. The van der Waals surface area contributed by atoms with Crippen molar-refractivity contribution in [1.29, 1.82) is 0 Å². The Kier molecular flexibility index (Phi) is 6.47. The van der Waals surface area contributed by atoms with Gasteiger partial charge in [-0.1, -0.05) is 0 Å². The number of nitrogens with one attached hydrogen (secondary N) is 2.